The first kappa shape index (κ1) is 14.6. The van der Waals surface area contributed by atoms with Gasteiger partial charge in [0.05, 0.1) is 7.11 Å². The van der Waals surface area contributed by atoms with Gasteiger partial charge in [0.1, 0.15) is 5.75 Å². The Bertz CT molecular complexity index is 510. The first-order chi connectivity index (χ1) is 9.70. The summed E-state index contributed by atoms with van der Waals surface area (Å²) in [7, 11) is 5.87. The number of ether oxygens (including phenoxy) is 1. The van der Waals surface area contributed by atoms with E-state index in [-0.39, 0.29) is 0 Å². The van der Waals surface area contributed by atoms with Gasteiger partial charge in [-0.25, -0.2) is 0 Å². The first-order valence-corrected chi connectivity index (χ1v) is 6.70. The molecule has 2 N–H and O–H groups in total. The average molecular weight is 274 g/mol. The predicted octanol–water partition coefficient (Wildman–Crippen LogP) is 1.81. The van der Waals surface area contributed by atoms with Gasteiger partial charge in [-0.05, 0) is 37.9 Å². The maximum absolute atomic E-state index is 5.30. The molecule has 0 aliphatic heterocycles. The lowest BCUT2D eigenvalue weighted by molar-refractivity contribution is 0.287. The second kappa shape index (κ2) is 7.07. The number of H-pyrrole nitrogens is 1. The maximum atomic E-state index is 5.30. The highest BCUT2D eigenvalue weighted by Gasteiger charge is 2.14. The van der Waals surface area contributed by atoms with Crippen molar-refractivity contribution in [3.8, 4) is 5.75 Å². The van der Waals surface area contributed by atoms with Crippen molar-refractivity contribution in [3.63, 3.8) is 0 Å². The molecule has 2 rings (SSSR count). The molecule has 0 aliphatic carbocycles. The summed E-state index contributed by atoms with van der Waals surface area (Å²) in [6, 6.07) is 10.5. The van der Waals surface area contributed by atoms with E-state index in [4.69, 9.17) is 4.74 Å². The van der Waals surface area contributed by atoms with Crippen molar-refractivity contribution in [2.45, 2.75) is 12.6 Å². The zero-order chi connectivity index (χ0) is 14.4. The second-order valence-corrected chi connectivity index (χ2v) is 4.97. The minimum absolute atomic E-state index is 0.299. The highest BCUT2D eigenvalue weighted by atomic mass is 16.5. The second-order valence-electron chi connectivity index (χ2n) is 4.97. The highest BCUT2D eigenvalue weighted by molar-refractivity contribution is 5.30. The van der Waals surface area contributed by atoms with Crippen LogP contribution in [-0.2, 0) is 6.54 Å². The van der Waals surface area contributed by atoms with Crippen LogP contribution in [0.5, 0.6) is 5.75 Å². The third-order valence-electron chi connectivity index (χ3n) is 3.31. The van der Waals surface area contributed by atoms with Crippen molar-refractivity contribution in [1.29, 1.82) is 0 Å². The van der Waals surface area contributed by atoms with Crippen LogP contribution in [0.4, 0.5) is 0 Å². The van der Waals surface area contributed by atoms with Crippen molar-refractivity contribution in [2.24, 2.45) is 0 Å². The molecule has 0 fully saturated rings. The normalized spacial score (nSPS) is 12.6. The summed E-state index contributed by atoms with van der Waals surface area (Å²) in [5.41, 5.74) is 2.33. The van der Waals surface area contributed by atoms with Gasteiger partial charge in [0.2, 0.25) is 0 Å². The summed E-state index contributed by atoms with van der Waals surface area (Å²) in [4.78, 5) is 2.20. The van der Waals surface area contributed by atoms with Crippen molar-refractivity contribution in [1.82, 2.24) is 20.4 Å². The molecule has 0 amide bonds. The largest absolute Gasteiger partial charge is 0.497 e. The maximum Gasteiger partial charge on any atom is 0.119 e. The number of hydrogen-bond donors (Lipinski definition) is 2. The Hall–Kier alpha value is -1.85. The number of nitrogens with one attached hydrogen (secondary N) is 2. The fraction of sp³-hybridized carbons (Fsp3) is 0.400. The number of hydrogen-bond acceptors (Lipinski definition) is 4. The van der Waals surface area contributed by atoms with E-state index in [1.54, 1.807) is 13.3 Å². The molecular weight excluding hydrogens is 252 g/mol. The zero-order valence-corrected chi connectivity index (χ0v) is 12.3. The van der Waals surface area contributed by atoms with E-state index < -0.39 is 0 Å². The molecule has 1 heterocycles. The summed E-state index contributed by atoms with van der Waals surface area (Å²) in [5.74, 6) is 0.892. The lowest BCUT2D eigenvalue weighted by atomic mass is 10.1. The van der Waals surface area contributed by atoms with Crippen LogP contribution in [0.15, 0.2) is 36.5 Å². The quantitative estimate of drug-likeness (QED) is 0.808. The Morgan fingerprint density at radius 1 is 1.35 bits per heavy atom. The summed E-state index contributed by atoms with van der Waals surface area (Å²) < 4.78 is 5.30. The van der Waals surface area contributed by atoms with Crippen LogP contribution in [0.25, 0.3) is 0 Å². The van der Waals surface area contributed by atoms with Gasteiger partial charge in [-0.15, -0.1) is 0 Å². The van der Waals surface area contributed by atoms with Gasteiger partial charge in [-0.3, -0.25) is 5.10 Å². The third kappa shape index (κ3) is 3.82. The van der Waals surface area contributed by atoms with Crippen LogP contribution in [0.3, 0.4) is 0 Å². The zero-order valence-electron chi connectivity index (χ0n) is 12.3. The fourth-order valence-corrected chi connectivity index (χ4v) is 2.17. The molecule has 0 spiro atoms. The Kier molecular flexibility index (Phi) is 5.15. The Labute approximate surface area is 119 Å². The Morgan fingerprint density at radius 3 is 2.85 bits per heavy atom. The third-order valence-corrected chi connectivity index (χ3v) is 3.31. The van der Waals surface area contributed by atoms with Gasteiger partial charge in [0.15, 0.2) is 0 Å². The predicted molar refractivity (Wildman–Crippen MR) is 79.7 cm³/mol. The number of aromatic amines is 1. The molecule has 0 saturated heterocycles. The van der Waals surface area contributed by atoms with E-state index in [0.717, 1.165) is 24.5 Å². The number of aromatic nitrogens is 2. The molecule has 5 nitrogen and oxygen atoms in total. The summed E-state index contributed by atoms with van der Waals surface area (Å²) in [5, 5.41) is 10.3. The first-order valence-electron chi connectivity index (χ1n) is 6.70. The van der Waals surface area contributed by atoms with Gasteiger partial charge < -0.3 is 15.0 Å². The molecule has 0 radical (unpaired) electrons. The standard InChI is InChI=1S/C15H22N4O/c1-19(2)15(11-16-10-13-7-8-17-18-13)12-5-4-6-14(9-12)20-3/h4-9,15-16H,10-11H2,1-3H3,(H,17,18). The molecule has 5 heteroatoms. The molecule has 0 aliphatic rings. The number of rotatable bonds is 7. The molecule has 1 aromatic carbocycles. The van der Waals surface area contributed by atoms with E-state index >= 15 is 0 Å². The average Bonchev–Trinajstić information content (AvgIpc) is 2.96. The summed E-state index contributed by atoms with van der Waals surface area (Å²) in [6.45, 7) is 1.65. The summed E-state index contributed by atoms with van der Waals surface area (Å²) in [6.07, 6.45) is 1.77. The molecule has 2 aromatic rings. The van der Waals surface area contributed by atoms with Gasteiger partial charge in [0.25, 0.3) is 0 Å². The lowest BCUT2D eigenvalue weighted by Gasteiger charge is -2.25. The molecule has 1 unspecified atom stereocenters. The van der Waals surface area contributed by atoms with Crippen LogP contribution in [0, 0.1) is 0 Å². The van der Waals surface area contributed by atoms with Crippen LogP contribution in [0.2, 0.25) is 0 Å². The van der Waals surface area contributed by atoms with Crippen LogP contribution in [0.1, 0.15) is 17.3 Å². The van der Waals surface area contributed by atoms with Crippen LogP contribution in [-0.4, -0.2) is 42.8 Å². The van der Waals surface area contributed by atoms with E-state index in [1.165, 1.54) is 5.56 Å². The number of methoxy groups -OCH3 is 1. The minimum atomic E-state index is 0.299. The molecule has 0 bridgehead atoms. The minimum Gasteiger partial charge on any atom is -0.497 e. The molecule has 0 saturated carbocycles. The van der Waals surface area contributed by atoms with Gasteiger partial charge in [0, 0.05) is 31.0 Å². The molecule has 108 valence electrons. The smallest absolute Gasteiger partial charge is 0.119 e. The van der Waals surface area contributed by atoms with Gasteiger partial charge in [-0.1, -0.05) is 12.1 Å². The highest BCUT2D eigenvalue weighted by Crippen LogP contribution is 2.22. The number of benzene rings is 1. The van der Waals surface area contributed by atoms with E-state index in [2.05, 4.69) is 46.6 Å². The van der Waals surface area contributed by atoms with E-state index in [0.29, 0.717) is 6.04 Å². The van der Waals surface area contributed by atoms with Crippen LogP contribution < -0.4 is 10.1 Å². The van der Waals surface area contributed by atoms with Crippen LogP contribution >= 0.6 is 0 Å². The topological polar surface area (TPSA) is 53.2 Å². The molecular formula is C15H22N4O. The van der Waals surface area contributed by atoms with Gasteiger partial charge in [-0.2, -0.15) is 5.10 Å². The monoisotopic (exact) mass is 274 g/mol. The van der Waals surface area contributed by atoms with Crippen molar-refractivity contribution in [2.75, 3.05) is 27.7 Å². The van der Waals surface area contributed by atoms with Crippen molar-refractivity contribution >= 4 is 0 Å². The Morgan fingerprint density at radius 2 is 2.20 bits per heavy atom. The molecule has 20 heavy (non-hydrogen) atoms. The lowest BCUT2D eigenvalue weighted by Crippen LogP contribution is -2.30. The fourth-order valence-electron chi connectivity index (χ4n) is 2.17. The van der Waals surface area contributed by atoms with E-state index in [9.17, 15) is 0 Å². The molecule has 1 atom stereocenters. The molecule has 1 aromatic heterocycles. The Balaban J connectivity index is 1.99. The summed E-state index contributed by atoms with van der Waals surface area (Å²) >= 11 is 0. The number of likely N-dealkylation sites (N-methyl/N-ethyl adjacent to an activating group) is 1. The van der Waals surface area contributed by atoms with Crippen molar-refractivity contribution < 1.29 is 4.74 Å². The SMILES string of the molecule is COc1cccc(C(CNCc2ccn[nH]2)N(C)C)c1. The van der Waals surface area contributed by atoms with Gasteiger partial charge >= 0.3 is 0 Å². The van der Waals surface area contributed by atoms with Crippen molar-refractivity contribution in [3.05, 3.63) is 47.8 Å². The van der Waals surface area contributed by atoms with E-state index in [1.807, 2.05) is 18.2 Å². The number of nitrogens with zero attached hydrogens (tertiary/aromatic N) is 2.